The van der Waals surface area contributed by atoms with Gasteiger partial charge in [-0.05, 0) is 25.8 Å². The summed E-state index contributed by atoms with van der Waals surface area (Å²) in [6, 6.07) is 5.31. The highest BCUT2D eigenvalue weighted by Gasteiger charge is 2.16. The summed E-state index contributed by atoms with van der Waals surface area (Å²) in [5, 5.41) is 0. The molecule has 0 bridgehead atoms. The van der Waals surface area contributed by atoms with Crippen LogP contribution in [0.5, 0.6) is 0 Å². The average Bonchev–Trinajstić information content (AvgIpc) is 2.25. The first-order valence-corrected chi connectivity index (χ1v) is 5.42. The molecule has 16 heavy (non-hydrogen) atoms. The first-order valence-electron chi connectivity index (χ1n) is 5.42. The Labute approximate surface area is 96.6 Å². The van der Waals surface area contributed by atoms with E-state index in [0.717, 1.165) is 11.1 Å². The topological polar surface area (TPSA) is 52.3 Å². The molecule has 1 atom stereocenters. The van der Waals surface area contributed by atoms with Crippen LogP contribution < -0.4 is 5.73 Å². The molecule has 0 aliphatic carbocycles. The van der Waals surface area contributed by atoms with Crippen LogP contribution in [0.15, 0.2) is 18.2 Å². The summed E-state index contributed by atoms with van der Waals surface area (Å²) in [6.45, 7) is 4.45. The minimum Gasteiger partial charge on any atom is -0.385 e. The highest BCUT2D eigenvalue weighted by Crippen LogP contribution is 2.13. The van der Waals surface area contributed by atoms with Crippen LogP contribution in [0.2, 0.25) is 0 Å². The predicted octanol–water partition coefficient (Wildman–Crippen LogP) is 1.85. The summed E-state index contributed by atoms with van der Waals surface area (Å²) in [7, 11) is 1.61. The molecule has 3 nitrogen and oxygen atoms in total. The molecule has 3 heteroatoms. The Hall–Kier alpha value is -1.19. The quantitative estimate of drug-likeness (QED) is 0.772. The SMILES string of the molecule is COCCC(N)C(=O)c1ccc(C)cc1C. The second kappa shape index (κ2) is 5.77. The molecule has 1 aromatic rings. The van der Waals surface area contributed by atoms with Crippen molar-refractivity contribution < 1.29 is 9.53 Å². The number of rotatable bonds is 5. The summed E-state index contributed by atoms with van der Waals surface area (Å²) in [6.07, 6.45) is 0.558. The maximum atomic E-state index is 12.0. The molecule has 0 aromatic heterocycles. The summed E-state index contributed by atoms with van der Waals surface area (Å²) in [5.74, 6) is -0.00505. The van der Waals surface area contributed by atoms with Gasteiger partial charge in [-0.15, -0.1) is 0 Å². The van der Waals surface area contributed by atoms with Crippen LogP contribution in [0, 0.1) is 13.8 Å². The van der Waals surface area contributed by atoms with E-state index in [-0.39, 0.29) is 5.78 Å². The van der Waals surface area contributed by atoms with Gasteiger partial charge in [0.25, 0.3) is 0 Å². The third-order valence-electron chi connectivity index (χ3n) is 2.62. The van der Waals surface area contributed by atoms with Gasteiger partial charge in [-0.3, -0.25) is 4.79 Å². The maximum absolute atomic E-state index is 12.0. The zero-order chi connectivity index (χ0) is 12.1. The van der Waals surface area contributed by atoms with Crippen molar-refractivity contribution in [2.24, 2.45) is 5.73 Å². The van der Waals surface area contributed by atoms with Crippen molar-refractivity contribution in [2.45, 2.75) is 26.3 Å². The molecule has 0 aliphatic heterocycles. The van der Waals surface area contributed by atoms with Crippen molar-refractivity contribution in [3.8, 4) is 0 Å². The molecule has 0 saturated heterocycles. The first kappa shape index (κ1) is 12.9. The number of nitrogens with two attached hydrogens (primary N) is 1. The summed E-state index contributed by atoms with van der Waals surface area (Å²) >= 11 is 0. The number of hydrogen-bond acceptors (Lipinski definition) is 3. The molecule has 0 fully saturated rings. The highest BCUT2D eigenvalue weighted by atomic mass is 16.5. The van der Waals surface area contributed by atoms with E-state index in [9.17, 15) is 4.79 Å². The summed E-state index contributed by atoms with van der Waals surface area (Å²) < 4.78 is 4.92. The Morgan fingerprint density at radius 1 is 1.44 bits per heavy atom. The number of benzene rings is 1. The highest BCUT2D eigenvalue weighted by molar-refractivity contribution is 6.01. The molecule has 88 valence electrons. The second-order valence-corrected chi connectivity index (χ2v) is 4.07. The van der Waals surface area contributed by atoms with Gasteiger partial charge in [-0.1, -0.05) is 23.8 Å². The van der Waals surface area contributed by atoms with Crippen molar-refractivity contribution in [3.63, 3.8) is 0 Å². The fourth-order valence-electron chi connectivity index (χ4n) is 1.67. The van der Waals surface area contributed by atoms with Gasteiger partial charge in [0.1, 0.15) is 0 Å². The van der Waals surface area contributed by atoms with E-state index in [1.807, 2.05) is 32.0 Å². The Balaban J connectivity index is 2.79. The standard InChI is InChI=1S/C13H19NO2/c1-9-4-5-11(10(2)8-9)13(15)12(14)6-7-16-3/h4-5,8,12H,6-7,14H2,1-3H3. The number of carbonyl (C=O) groups is 1. The fraction of sp³-hybridized carbons (Fsp3) is 0.462. The fourth-order valence-corrected chi connectivity index (χ4v) is 1.67. The van der Waals surface area contributed by atoms with E-state index < -0.39 is 6.04 Å². The van der Waals surface area contributed by atoms with E-state index in [2.05, 4.69) is 0 Å². The lowest BCUT2D eigenvalue weighted by Gasteiger charge is -2.12. The molecule has 0 spiro atoms. The molecule has 0 heterocycles. The number of Topliss-reactive ketones (excluding diaryl/α,β-unsaturated/α-hetero) is 1. The van der Waals surface area contributed by atoms with Gasteiger partial charge in [-0.25, -0.2) is 0 Å². The monoisotopic (exact) mass is 221 g/mol. The summed E-state index contributed by atoms with van der Waals surface area (Å²) in [4.78, 5) is 12.0. The van der Waals surface area contributed by atoms with E-state index in [0.29, 0.717) is 18.6 Å². The number of carbonyl (C=O) groups excluding carboxylic acids is 1. The zero-order valence-electron chi connectivity index (χ0n) is 10.1. The van der Waals surface area contributed by atoms with Crippen LogP contribution in [0.25, 0.3) is 0 Å². The van der Waals surface area contributed by atoms with E-state index in [1.54, 1.807) is 7.11 Å². The van der Waals surface area contributed by atoms with Gasteiger partial charge in [0.2, 0.25) is 0 Å². The molecule has 1 aromatic carbocycles. The third kappa shape index (κ3) is 3.15. The van der Waals surface area contributed by atoms with Crippen molar-refractivity contribution in [2.75, 3.05) is 13.7 Å². The lowest BCUT2D eigenvalue weighted by molar-refractivity contribution is 0.0935. The predicted molar refractivity (Wildman–Crippen MR) is 64.7 cm³/mol. The van der Waals surface area contributed by atoms with Crippen LogP contribution in [-0.2, 0) is 4.74 Å². The van der Waals surface area contributed by atoms with Crippen LogP contribution in [0.3, 0.4) is 0 Å². The lowest BCUT2D eigenvalue weighted by Crippen LogP contribution is -2.32. The average molecular weight is 221 g/mol. The van der Waals surface area contributed by atoms with Gasteiger partial charge in [-0.2, -0.15) is 0 Å². The summed E-state index contributed by atoms with van der Waals surface area (Å²) in [5.41, 5.74) is 8.67. The number of methoxy groups -OCH3 is 1. The van der Waals surface area contributed by atoms with Crippen LogP contribution in [0.4, 0.5) is 0 Å². The smallest absolute Gasteiger partial charge is 0.179 e. The zero-order valence-corrected chi connectivity index (χ0v) is 10.1. The Bertz CT molecular complexity index is 374. The van der Waals surface area contributed by atoms with Gasteiger partial charge >= 0.3 is 0 Å². The minimum absolute atomic E-state index is 0.00505. The van der Waals surface area contributed by atoms with Crippen LogP contribution in [-0.4, -0.2) is 25.5 Å². The third-order valence-corrected chi connectivity index (χ3v) is 2.62. The van der Waals surface area contributed by atoms with Gasteiger partial charge in [0.15, 0.2) is 5.78 Å². The van der Waals surface area contributed by atoms with Gasteiger partial charge in [0, 0.05) is 19.3 Å². The van der Waals surface area contributed by atoms with E-state index in [4.69, 9.17) is 10.5 Å². The molecule has 2 N–H and O–H groups in total. The van der Waals surface area contributed by atoms with E-state index >= 15 is 0 Å². The van der Waals surface area contributed by atoms with Crippen molar-refractivity contribution in [1.29, 1.82) is 0 Å². The maximum Gasteiger partial charge on any atom is 0.179 e. The molecule has 0 saturated carbocycles. The molecule has 0 amide bonds. The van der Waals surface area contributed by atoms with Crippen molar-refractivity contribution >= 4 is 5.78 Å². The number of aryl methyl sites for hydroxylation is 2. The Morgan fingerprint density at radius 3 is 2.69 bits per heavy atom. The van der Waals surface area contributed by atoms with Gasteiger partial charge < -0.3 is 10.5 Å². The van der Waals surface area contributed by atoms with Crippen LogP contribution in [0.1, 0.15) is 27.9 Å². The van der Waals surface area contributed by atoms with Gasteiger partial charge in [0.05, 0.1) is 6.04 Å². The second-order valence-electron chi connectivity index (χ2n) is 4.07. The Morgan fingerprint density at radius 2 is 2.12 bits per heavy atom. The van der Waals surface area contributed by atoms with E-state index in [1.165, 1.54) is 0 Å². The molecular weight excluding hydrogens is 202 g/mol. The van der Waals surface area contributed by atoms with Crippen molar-refractivity contribution in [1.82, 2.24) is 0 Å². The molecule has 1 unspecified atom stereocenters. The molecule has 1 rings (SSSR count). The van der Waals surface area contributed by atoms with Crippen LogP contribution >= 0.6 is 0 Å². The lowest BCUT2D eigenvalue weighted by atomic mass is 9.97. The van der Waals surface area contributed by atoms with Crippen molar-refractivity contribution in [3.05, 3.63) is 34.9 Å². The number of ketones is 1. The minimum atomic E-state index is -0.471. The molecule has 0 aliphatic rings. The normalized spacial score (nSPS) is 12.5. The molecule has 0 radical (unpaired) electrons. The first-order chi connectivity index (χ1) is 7.56. The largest absolute Gasteiger partial charge is 0.385 e. The molecular formula is C13H19NO2. The number of ether oxygens (including phenoxy) is 1. The number of hydrogen-bond donors (Lipinski definition) is 1. The Kier molecular flexibility index (Phi) is 4.65.